The molecule has 0 aliphatic carbocycles. The van der Waals surface area contributed by atoms with Crippen molar-refractivity contribution >= 4 is 39.5 Å². The highest BCUT2D eigenvalue weighted by molar-refractivity contribution is 7.47. The van der Waals surface area contributed by atoms with Crippen LogP contribution >= 0.6 is 15.6 Å². The normalized spacial score (nSPS) is 14.1. The maximum absolute atomic E-state index is 13.0. The number of hydrogen-bond donors (Lipinski definition) is 3. The maximum Gasteiger partial charge on any atom is 0.472 e. The molecule has 0 saturated carbocycles. The average molecular weight is 1260 g/mol. The molecule has 19 heteroatoms. The molecule has 17 nitrogen and oxygen atoms in total. The lowest BCUT2D eigenvalue weighted by Crippen LogP contribution is -2.30. The zero-order chi connectivity index (χ0) is 62.6. The monoisotopic (exact) mass is 1250 g/mol. The van der Waals surface area contributed by atoms with Gasteiger partial charge in [-0.25, -0.2) is 9.13 Å². The quantitative estimate of drug-likeness (QED) is 0.0222. The number of aliphatic hydroxyl groups is 1. The molecule has 504 valence electrons. The standard InChI is InChI=1S/C66H128O17P2/c1-5-9-13-17-21-24-26-28-30-32-34-37-39-43-47-51-64(69)77-57-62(83-65(70)52-48-44-40-36-23-19-15-11-7-3)59-81-85(74,75)79-55-60(67)54-78-84(72,73)80-58-61(56-76-63(68)50-46-42-20-16-12-8-4)82-66(71)53-49-45-41-38-35-33-31-29-27-25-22-18-14-10-6-2/h60-62,67H,5-59H2,1-4H3,(H,72,73)(H,74,75)/t60-,61+,62-/m0/s1. The number of phosphoric acid groups is 2. The molecule has 0 aliphatic rings. The molecule has 85 heavy (non-hydrogen) atoms. The van der Waals surface area contributed by atoms with E-state index in [1.54, 1.807) is 0 Å². The minimum atomic E-state index is -4.94. The van der Waals surface area contributed by atoms with E-state index in [2.05, 4.69) is 27.7 Å². The molecular formula is C66H128O17P2. The Kier molecular flexibility index (Phi) is 59.6. The number of rotatable bonds is 67. The van der Waals surface area contributed by atoms with Gasteiger partial charge < -0.3 is 33.8 Å². The van der Waals surface area contributed by atoms with Gasteiger partial charge in [-0.3, -0.25) is 37.3 Å². The largest absolute Gasteiger partial charge is 0.472 e. The lowest BCUT2D eigenvalue weighted by molar-refractivity contribution is -0.161. The first kappa shape index (κ1) is 83.1. The molecular weight excluding hydrogens is 1130 g/mol. The number of carbonyl (C=O) groups excluding carboxylic acids is 4. The minimum absolute atomic E-state index is 0.107. The van der Waals surface area contributed by atoms with Crippen molar-refractivity contribution < 1.29 is 80.2 Å². The first-order valence-electron chi connectivity index (χ1n) is 34.8. The van der Waals surface area contributed by atoms with E-state index in [0.717, 1.165) is 103 Å². The van der Waals surface area contributed by atoms with E-state index in [4.69, 9.17) is 37.0 Å². The van der Waals surface area contributed by atoms with E-state index in [9.17, 15) is 43.2 Å². The van der Waals surface area contributed by atoms with E-state index in [1.807, 2.05) is 0 Å². The topological polar surface area (TPSA) is 237 Å². The molecule has 0 saturated heterocycles. The van der Waals surface area contributed by atoms with Gasteiger partial charge in [0, 0.05) is 25.7 Å². The fourth-order valence-electron chi connectivity index (χ4n) is 9.99. The second kappa shape index (κ2) is 60.9. The highest BCUT2D eigenvalue weighted by Crippen LogP contribution is 2.45. The molecule has 0 rings (SSSR count). The summed E-state index contributed by atoms with van der Waals surface area (Å²) in [5.74, 6) is -2.13. The third-order valence-electron chi connectivity index (χ3n) is 15.4. The summed E-state index contributed by atoms with van der Waals surface area (Å²) in [4.78, 5) is 72.1. The van der Waals surface area contributed by atoms with Gasteiger partial charge in [-0.05, 0) is 25.7 Å². The Morgan fingerprint density at radius 1 is 0.282 bits per heavy atom. The first-order valence-corrected chi connectivity index (χ1v) is 37.8. The van der Waals surface area contributed by atoms with Crippen molar-refractivity contribution in [1.82, 2.24) is 0 Å². The molecule has 0 amide bonds. The van der Waals surface area contributed by atoms with Crippen LogP contribution < -0.4 is 0 Å². The number of esters is 4. The number of hydrogen-bond acceptors (Lipinski definition) is 15. The predicted octanol–water partition coefficient (Wildman–Crippen LogP) is 18.7. The maximum atomic E-state index is 13.0. The highest BCUT2D eigenvalue weighted by Gasteiger charge is 2.30. The molecule has 0 radical (unpaired) electrons. The Morgan fingerprint density at radius 3 is 0.694 bits per heavy atom. The van der Waals surface area contributed by atoms with Crippen molar-refractivity contribution in [2.75, 3.05) is 39.6 Å². The van der Waals surface area contributed by atoms with Crippen molar-refractivity contribution in [3.63, 3.8) is 0 Å². The van der Waals surface area contributed by atoms with Crippen LogP contribution in [0, 0.1) is 0 Å². The molecule has 0 aromatic carbocycles. The van der Waals surface area contributed by atoms with E-state index < -0.39 is 97.5 Å². The van der Waals surface area contributed by atoms with Crippen molar-refractivity contribution in [3.8, 4) is 0 Å². The van der Waals surface area contributed by atoms with Crippen LogP contribution in [-0.2, 0) is 65.4 Å². The summed E-state index contributed by atoms with van der Waals surface area (Å²) in [6.07, 6.45) is 47.4. The summed E-state index contributed by atoms with van der Waals surface area (Å²) in [5, 5.41) is 10.5. The van der Waals surface area contributed by atoms with Crippen LogP contribution in [0.4, 0.5) is 0 Å². The third-order valence-corrected chi connectivity index (χ3v) is 17.3. The zero-order valence-electron chi connectivity index (χ0n) is 54.6. The molecule has 0 aliphatic heterocycles. The van der Waals surface area contributed by atoms with Crippen LogP contribution in [-0.4, -0.2) is 96.7 Å². The predicted molar refractivity (Wildman–Crippen MR) is 340 cm³/mol. The summed E-state index contributed by atoms with van der Waals surface area (Å²) in [6, 6.07) is 0. The molecule has 5 atom stereocenters. The van der Waals surface area contributed by atoms with Crippen LogP contribution in [0.2, 0.25) is 0 Å². The number of ether oxygens (including phenoxy) is 4. The molecule has 0 fully saturated rings. The molecule has 0 heterocycles. The van der Waals surface area contributed by atoms with Gasteiger partial charge in [-0.15, -0.1) is 0 Å². The summed E-state index contributed by atoms with van der Waals surface area (Å²) in [5.41, 5.74) is 0. The number of aliphatic hydroxyl groups excluding tert-OH is 1. The van der Waals surface area contributed by atoms with Crippen LogP contribution in [0.5, 0.6) is 0 Å². The molecule has 0 spiro atoms. The number of unbranched alkanes of at least 4 members (excludes halogenated alkanes) is 41. The second-order valence-corrected chi connectivity index (χ2v) is 26.8. The van der Waals surface area contributed by atoms with Crippen molar-refractivity contribution in [1.29, 1.82) is 0 Å². The fourth-order valence-corrected chi connectivity index (χ4v) is 11.6. The summed E-state index contributed by atoms with van der Waals surface area (Å²) in [6.45, 7) is 4.85. The van der Waals surface area contributed by atoms with Gasteiger partial charge in [0.25, 0.3) is 0 Å². The molecule has 3 N–H and O–H groups in total. The van der Waals surface area contributed by atoms with Gasteiger partial charge in [0.2, 0.25) is 0 Å². The molecule has 2 unspecified atom stereocenters. The minimum Gasteiger partial charge on any atom is -0.462 e. The smallest absolute Gasteiger partial charge is 0.462 e. The Morgan fingerprint density at radius 2 is 0.471 bits per heavy atom. The van der Waals surface area contributed by atoms with E-state index in [-0.39, 0.29) is 25.7 Å². The molecule has 0 bridgehead atoms. The molecule has 0 aromatic rings. The van der Waals surface area contributed by atoms with Crippen LogP contribution in [0.25, 0.3) is 0 Å². The summed E-state index contributed by atoms with van der Waals surface area (Å²) >= 11 is 0. The van der Waals surface area contributed by atoms with Gasteiger partial charge in [-0.2, -0.15) is 0 Å². The van der Waals surface area contributed by atoms with Crippen molar-refractivity contribution in [2.24, 2.45) is 0 Å². The molecule has 0 aromatic heterocycles. The van der Waals surface area contributed by atoms with Crippen molar-refractivity contribution in [3.05, 3.63) is 0 Å². The Labute approximate surface area is 517 Å². The SMILES string of the molecule is CCCCCCCCCCCCCCCCCC(=O)OC[C@@H](COP(=O)(O)OC[C@@H](O)COP(=O)(O)OC[C@@H](COC(=O)CCCCCCCC)OC(=O)CCCCCCCCCCCCCCCCC)OC(=O)CCCCCCCCCCC. The van der Waals surface area contributed by atoms with Gasteiger partial charge >= 0.3 is 39.5 Å². The summed E-state index contributed by atoms with van der Waals surface area (Å²) in [7, 11) is -9.88. The second-order valence-electron chi connectivity index (χ2n) is 23.9. The van der Waals surface area contributed by atoms with Gasteiger partial charge in [-0.1, -0.05) is 291 Å². The van der Waals surface area contributed by atoms with E-state index in [1.165, 1.54) is 161 Å². The van der Waals surface area contributed by atoms with Crippen molar-refractivity contribution in [2.45, 2.75) is 361 Å². The van der Waals surface area contributed by atoms with Crippen LogP contribution in [0.1, 0.15) is 342 Å². The Bertz CT molecular complexity index is 1640. The first-order chi connectivity index (χ1) is 41.2. The van der Waals surface area contributed by atoms with E-state index >= 15 is 0 Å². The zero-order valence-corrected chi connectivity index (χ0v) is 56.4. The lowest BCUT2D eigenvalue weighted by Gasteiger charge is -2.21. The lowest BCUT2D eigenvalue weighted by atomic mass is 10.0. The summed E-state index contributed by atoms with van der Waals surface area (Å²) < 4.78 is 67.9. The number of phosphoric ester groups is 2. The Balaban J connectivity index is 5.12. The van der Waals surface area contributed by atoms with Crippen LogP contribution in [0.3, 0.4) is 0 Å². The third kappa shape index (κ3) is 60.7. The van der Waals surface area contributed by atoms with Crippen LogP contribution in [0.15, 0.2) is 0 Å². The van der Waals surface area contributed by atoms with Gasteiger partial charge in [0.15, 0.2) is 12.2 Å². The number of carbonyl (C=O) groups is 4. The Hall–Kier alpha value is -1.94. The fraction of sp³-hybridized carbons (Fsp3) is 0.939. The van der Waals surface area contributed by atoms with Gasteiger partial charge in [0.1, 0.15) is 19.3 Å². The average Bonchev–Trinajstić information content (AvgIpc) is 3.56. The highest BCUT2D eigenvalue weighted by atomic mass is 31.2. The van der Waals surface area contributed by atoms with Gasteiger partial charge in [0.05, 0.1) is 26.4 Å². The van der Waals surface area contributed by atoms with E-state index in [0.29, 0.717) is 25.7 Å².